The minimum Gasteiger partial charge on any atom is -0.379 e. The molecule has 0 aliphatic carbocycles. The second-order valence-corrected chi connectivity index (χ2v) is 7.21. The van der Waals surface area contributed by atoms with Gasteiger partial charge in [-0.3, -0.25) is 0 Å². The van der Waals surface area contributed by atoms with Crippen LogP contribution in [-0.4, -0.2) is 51.8 Å². The summed E-state index contributed by atoms with van der Waals surface area (Å²) in [4.78, 5) is 12.1. The van der Waals surface area contributed by atoms with Gasteiger partial charge in [0.15, 0.2) is 5.65 Å². The van der Waals surface area contributed by atoms with Crippen LogP contribution in [0.4, 0.5) is 0 Å². The molecular formula is C18H26N4O. The molecule has 0 radical (unpaired) electrons. The van der Waals surface area contributed by atoms with E-state index in [4.69, 9.17) is 9.72 Å². The van der Waals surface area contributed by atoms with Crippen molar-refractivity contribution in [2.75, 3.05) is 26.3 Å². The molecule has 0 saturated carbocycles. The molecule has 2 aromatic heterocycles. The Balaban J connectivity index is 1.62. The van der Waals surface area contributed by atoms with Gasteiger partial charge in [0.1, 0.15) is 11.3 Å². The number of aromatic nitrogens is 3. The molecule has 4 heterocycles. The van der Waals surface area contributed by atoms with Gasteiger partial charge < -0.3 is 14.2 Å². The third kappa shape index (κ3) is 2.88. The molecule has 0 N–H and O–H groups in total. The Labute approximate surface area is 137 Å². The summed E-state index contributed by atoms with van der Waals surface area (Å²) in [5.41, 5.74) is 2.05. The van der Waals surface area contributed by atoms with Crippen LogP contribution in [0.1, 0.15) is 38.6 Å². The van der Waals surface area contributed by atoms with Crippen molar-refractivity contribution in [2.24, 2.45) is 5.92 Å². The predicted octanol–water partition coefficient (Wildman–Crippen LogP) is 2.67. The van der Waals surface area contributed by atoms with Crippen LogP contribution in [0.25, 0.3) is 11.2 Å². The van der Waals surface area contributed by atoms with Crippen LogP contribution < -0.4 is 0 Å². The molecule has 124 valence electrons. The average molecular weight is 314 g/mol. The SMILES string of the molecule is CC(C)N1CCC(Cc2nc3cccnc3n2C2CCOC2)C1. The quantitative estimate of drug-likeness (QED) is 0.870. The fourth-order valence-corrected chi connectivity index (χ4v) is 3.99. The van der Waals surface area contributed by atoms with Crippen molar-refractivity contribution in [2.45, 2.75) is 45.2 Å². The Hall–Kier alpha value is -1.46. The number of hydrogen-bond donors (Lipinski definition) is 0. The number of ether oxygens (including phenoxy) is 1. The van der Waals surface area contributed by atoms with Crippen LogP contribution in [-0.2, 0) is 11.2 Å². The van der Waals surface area contributed by atoms with Gasteiger partial charge in [-0.1, -0.05) is 0 Å². The normalized spacial score (nSPS) is 25.9. The van der Waals surface area contributed by atoms with Gasteiger partial charge in [-0.15, -0.1) is 0 Å². The van der Waals surface area contributed by atoms with Crippen LogP contribution in [0.15, 0.2) is 18.3 Å². The molecule has 2 saturated heterocycles. The minimum absolute atomic E-state index is 0.396. The van der Waals surface area contributed by atoms with Gasteiger partial charge in [0, 0.05) is 31.8 Å². The number of rotatable bonds is 4. The van der Waals surface area contributed by atoms with Gasteiger partial charge in [0.25, 0.3) is 0 Å². The molecule has 2 fully saturated rings. The number of fused-ring (bicyclic) bond motifs is 1. The van der Waals surface area contributed by atoms with Gasteiger partial charge >= 0.3 is 0 Å². The molecule has 2 aliphatic rings. The van der Waals surface area contributed by atoms with Crippen molar-refractivity contribution in [3.05, 3.63) is 24.2 Å². The summed E-state index contributed by atoms with van der Waals surface area (Å²) in [6.45, 7) is 8.62. The first-order chi connectivity index (χ1) is 11.2. The number of imidazole rings is 1. The van der Waals surface area contributed by atoms with E-state index in [1.807, 2.05) is 12.3 Å². The Morgan fingerprint density at radius 1 is 1.35 bits per heavy atom. The molecule has 2 aromatic rings. The van der Waals surface area contributed by atoms with Crippen molar-refractivity contribution in [3.8, 4) is 0 Å². The number of likely N-dealkylation sites (tertiary alicyclic amines) is 1. The average Bonchev–Trinajstić information content (AvgIpc) is 3.25. The van der Waals surface area contributed by atoms with Crippen molar-refractivity contribution in [3.63, 3.8) is 0 Å². The van der Waals surface area contributed by atoms with Crippen LogP contribution >= 0.6 is 0 Å². The van der Waals surface area contributed by atoms with Crippen LogP contribution in [0.2, 0.25) is 0 Å². The highest BCUT2D eigenvalue weighted by molar-refractivity contribution is 5.71. The van der Waals surface area contributed by atoms with Crippen molar-refractivity contribution >= 4 is 11.2 Å². The first-order valence-electron chi connectivity index (χ1n) is 8.86. The third-order valence-electron chi connectivity index (χ3n) is 5.31. The summed E-state index contributed by atoms with van der Waals surface area (Å²) in [5, 5.41) is 0. The molecule has 2 atom stereocenters. The first-order valence-corrected chi connectivity index (χ1v) is 8.86. The lowest BCUT2D eigenvalue weighted by molar-refractivity contribution is 0.186. The predicted molar refractivity (Wildman–Crippen MR) is 90.5 cm³/mol. The summed E-state index contributed by atoms with van der Waals surface area (Å²) in [5.74, 6) is 1.90. The summed E-state index contributed by atoms with van der Waals surface area (Å²) >= 11 is 0. The van der Waals surface area contributed by atoms with E-state index in [2.05, 4.69) is 34.4 Å². The number of pyridine rings is 1. The molecule has 5 nitrogen and oxygen atoms in total. The van der Waals surface area contributed by atoms with Gasteiger partial charge in [-0.25, -0.2) is 9.97 Å². The van der Waals surface area contributed by atoms with Crippen LogP contribution in [0.5, 0.6) is 0 Å². The van der Waals surface area contributed by atoms with E-state index < -0.39 is 0 Å². The van der Waals surface area contributed by atoms with E-state index in [9.17, 15) is 0 Å². The maximum atomic E-state index is 5.62. The Morgan fingerprint density at radius 3 is 3.00 bits per heavy atom. The molecule has 2 aliphatic heterocycles. The molecular weight excluding hydrogens is 288 g/mol. The summed E-state index contributed by atoms with van der Waals surface area (Å²) in [7, 11) is 0. The third-order valence-corrected chi connectivity index (χ3v) is 5.31. The molecule has 4 rings (SSSR count). The maximum absolute atomic E-state index is 5.62. The first kappa shape index (κ1) is 15.1. The van der Waals surface area contributed by atoms with E-state index in [0.29, 0.717) is 18.0 Å². The lowest BCUT2D eigenvalue weighted by Crippen LogP contribution is -2.28. The fraction of sp³-hybridized carbons (Fsp3) is 0.667. The van der Waals surface area contributed by atoms with Crippen molar-refractivity contribution in [1.82, 2.24) is 19.4 Å². The van der Waals surface area contributed by atoms with Crippen LogP contribution in [0.3, 0.4) is 0 Å². The molecule has 0 aromatic carbocycles. The zero-order valence-corrected chi connectivity index (χ0v) is 14.1. The lowest BCUT2D eigenvalue weighted by atomic mass is 10.0. The zero-order valence-electron chi connectivity index (χ0n) is 14.1. The van der Waals surface area contributed by atoms with Crippen molar-refractivity contribution < 1.29 is 4.74 Å². The zero-order chi connectivity index (χ0) is 15.8. The highest BCUT2D eigenvalue weighted by Crippen LogP contribution is 2.29. The van der Waals surface area contributed by atoms with Gasteiger partial charge in [-0.05, 0) is 51.3 Å². The monoisotopic (exact) mass is 314 g/mol. The fourth-order valence-electron chi connectivity index (χ4n) is 3.99. The second kappa shape index (κ2) is 6.21. The number of nitrogens with zero attached hydrogens (tertiary/aromatic N) is 4. The summed E-state index contributed by atoms with van der Waals surface area (Å²) in [6.07, 6.45) is 5.26. The minimum atomic E-state index is 0.396. The highest BCUT2D eigenvalue weighted by atomic mass is 16.5. The van der Waals surface area contributed by atoms with E-state index in [1.165, 1.54) is 25.3 Å². The topological polar surface area (TPSA) is 43.2 Å². The molecule has 5 heteroatoms. The maximum Gasteiger partial charge on any atom is 0.160 e. The van der Waals surface area contributed by atoms with Crippen molar-refractivity contribution in [1.29, 1.82) is 0 Å². The molecule has 0 spiro atoms. The Kier molecular flexibility index (Phi) is 4.07. The highest BCUT2D eigenvalue weighted by Gasteiger charge is 2.29. The molecule has 23 heavy (non-hydrogen) atoms. The Bertz CT molecular complexity index is 675. The number of hydrogen-bond acceptors (Lipinski definition) is 4. The second-order valence-electron chi connectivity index (χ2n) is 7.21. The van der Waals surface area contributed by atoms with E-state index in [0.717, 1.165) is 37.2 Å². The molecule has 2 unspecified atom stereocenters. The largest absolute Gasteiger partial charge is 0.379 e. The van der Waals surface area contributed by atoms with Gasteiger partial charge in [-0.2, -0.15) is 0 Å². The smallest absolute Gasteiger partial charge is 0.160 e. The van der Waals surface area contributed by atoms with Gasteiger partial charge in [0.2, 0.25) is 0 Å². The lowest BCUT2D eigenvalue weighted by Gasteiger charge is -2.20. The molecule has 0 amide bonds. The Morgan fingerprint density at radius 2 is 2.26 bits per heavy atom. The van der Waals surface area contributed by atoms with Crippen LogP contribution in [0, 0.1) is 5.92 Å². The van der Waals surface area contributed by atoms with E-state index in [1.54, 1.807) is 0 Å². The van der Waals surface area contributed by atoms with E-state index >= 15 is 0 Å². The molecule has 0 bridgehead atoms. The summed E-state index contributed by atoms with van der Waals surface area (Å²) in [6, 6.07) is 5.09. The standard InChI is InChI=1S/C18H26N4O/c1-13(2)21-8-5-14(11-21)10-17-20-16-4-3-7-19-18(16)22(17)15-6-9-23-12-15/h3-4,7,13-15H,5-6,8-12H2,1-2H3. The van der Waals surface area contributed by atoms with E-state index in [-0.39, 0.29) is 0 Å². The van der Waals surface area contributed by atoms with Gasteiger partial charge in [0.05, 0.1) is 12.6 Å². The summed E-state index contributed by atoms with van der Waals surface area (Å²) < 4.78 is 7.98.